The number of aromatic amines is 1. The normalized spacial score (nSPS) is 13.3. The number of imidazole rings is 1. The number of nitrogens with zero attached hydrogens (tertiary/aromatic N) is 8. The third-order valence-corrected chi connectivity index (χ3v) is 10.4. The molecule has 6 aromatic heterocycles. The van der Waals surface area contributed by atoms with Gasteiger partial charge in [-0.2, -0.15) is 19.2 Å². The van der Waals surface area contributed by atoms with Crippen LogP contribution in [0.4, 0.5) is 21.8 Å². The molecule has 1 fully saturated rings. The number of H-pyrrole nitrogens is 1. The Morgan fingerprint density at radius 2 is 1.49 bits per heavy atom. The van der Waals surface area contributed by atoms with Crippen molar-refractivity contribution in [2.75, 3.05) is 16.4 Å². The van der Waals surface area contributed by atoms with Gasteiger partial charge in [0.25, 0.3) is 0 Å². The Kier molecular flexibility index (Phi) is 10.00. The SMILES string of the molecule is Brc1cnn2c(NCc3ccc4nc[nH]c4c3)cc(C3CCCCC3)nc12.Nc1cc(CNc2cc(-c3ccccc3F)nc3c(Br)cnn23)ccn1. The summed E-state index contributed by atoms with van der Waals surface area (Å²) in [4.78, 5) is 20.9. The second-order valence-corrected chi connectivity index (χ2v) is 14.6. The molecule has 1 aliphatic carbocycles. The summed E-state index contributed by atoms with van der Waals surface area (Å²) in [6, 6.07) is 20.5. The summed E-state index contributed by atoms with van der Waals surface area (Å²) in [7, 11) is 0. The molecule has 0 atom stereocenters. The van der Waals surface area contributed by atoms with Crippen molar-refractivity contribution in [3.63, 3.8) is 0 Å². The maximum absolute atomic E-state index is 14.2. The van der Waals surface area contributed by atoms with Gasteiger partial charge in [-0.1, -0.05) is 37.5 Å². The monoisotopic (exact) mass is 836 g/mol. The van der Waals surface area contributed by atoms with Crippen molar-refractivity contribution in [1.82, 2.24) is 44.1 Å². The third kappa shape index (κ3) is 7.57. The predicted octanol–water partition coefficient (Wildman–Crippen LogP) is 8.92. The summed E-state index contributed by atoms with van der Waals surface area (Å²) < 4.78 is 19.4. The van der Waals surface area contributed by atoms with Crippen LogP contribution in [-0.2, 0) is 13.1 Å². The second-order valence-electron chi connectivity index (χ2n) is 12.9. The lowest BCUT2D eigenvalue weighted by Crippen LogP contribution is -2.11. The summed E-state index contributed by atoms with van der Waals surface area (Å²) >= 11 is 7.03. The number of nitrogen functional groups attached to an aromatic ring is 1. The van der Waals surface area contributed by atoms with Crippen LogP contribution in [0, 0.1) is 5.82 Å². The highest BCUT2D eigenvalue weighted by atomic mass is 79.9. The van der Waals surface area contributed by atoms with Crippen molar-refractivity contribution in [1.29, 1.82) is 0 Å². The minimum Gasteiger partial charge on any atom is -0.384 e. The highest BCUT2D eigenvalue weighted by Gasteiger charge is 2.20. The molecule has 0 amide bonds. The van der Waals surface area contributed by atoms with Gasteiger partial charge in [-0.15, -0.1) is 0 Å². The molecule has 8 aromatic rings. The molecule has 268 valence electrons. The standard InChI is InChI=1S/C20H21BrN6.C18H14BrFN6/c21-15-11-25-27-19(9-17(26-20(15)27)14-4-2-1-3-5-14)22-10-13-6-7-16-18(8-13)24-12-23-16;19-13-10-24-26-17(23-9-11-5-6-22-16(21)7-11)8-15(25-18(13)26)12-3-1-2-4-14(12)20/h6-9,11-12,14,22H,1-5,10H2,(H,23,24);1-8,10,23H,9H2,(H2,21,22). The fourth-order valence-corrected chi connectivity index (χ4v) is 7.34. The number of benzene rings is 2. The van der Waals surface area contributed by atoms with Crippen LogP contribution in [0.3, 0.4) is 0 Å². The van der Waals surface area contributed by atoms with Gasteiger partial charge in [-0.05, 0) is 92.2 Å². The number of fused-ring (bicyclic) bond motifs is 3. The Morgan fingerprint density at radius 3 is 2.23 bits per heavy atom. The summed E-state index contributed by atoms with van der Waals surface area (Å²) in [6.07, 6.45) is 13.2. The highest BCUT2D eigenvalue weighted by molar-refractivity contribution is 9.11. The molecule has 9 rings (SSSR count). The van der Waals surface area contributed by atoms with E-state index < -0.39 is 0 Å². The Hall–Kier alpha value is -5.41. The maximum Gasteiger partial charge on any atom is 0.172 e. The first kappa shape index (κ1) is 34.7. The van der Waals surface area contributed by atoms with Crippen LogP contribution in [0.1, 0.15) is 54.8 Å². The molecule has 1 aliphatic rings. The number of halogens is 3. The van der Waals surface area contributed by atoms with E-state index in [9.17, 15) is 4.39 Å². The van der Waals surface area contributed by atoms with Crippen LogP contribution in [0.25, 0.3) is 33.6 Å². The third-order valence-electron chi connectivity index (χ3n) is 9.33. The number of anilines is 3. The van der Waals surface area contributed by atoms with Gasteiger partial charge in [0.2, 0.25) is 0 Å². The zero-order valence-electron chi connectivity index (χ0n) is 28.5. The molecule has 5 N–H and O–H groups in total. The van der Waals surface area contributed by atoms with Crippen LogP contribution in [0.15, 0.2) is 101 Å². The first-order valence-corrected chi connectivity index (χ1v) is 18.9. The number of aromatic nitrogens is 9. The molecule has 2 aromatic carbocycles. The molecule has 0 saturated heterocycles. The summed E-state index contributed by atoms with van der Waals surface area (Å²) in [5.74, 6) is 2.35. The van der Waals surface area contributed by atoms with E-state index in [2.05, 4.69) is 90.8 Å². The molecule has 0 unspecified atom stereocenters. The van der Waals surface area contributed by atoms with Crippen molar-refractivity contribution < 1.29 is 4.39 Å². The molecule has 0 spiro atoms. The number of nitrogens with two attached hydrogens (primary N) is 1. The molecule has 0 aliphatic heterocycles. The largest absolute Gasteiger partial charge is 0.384 e. The number of pyridine rings is 1. The van der Waals surface area contributed by atoms with E-state index in [1.165, 1.54) is 49.4 Å². The quantitative estimate of drug-likeness (QED) is 0.118. The molecule has 0 radical (unpaired) electrons. The van der Waals surface area contributed by atoms with E-state index in [4.69, 9.17) is 10.7 Å². The van der Waals surface area contributed by atoms with Gasteiger partial charge in [-0.3, -0.25) is 0 Å². The van der Waals surface area contributed by atoms with Crippen LogP contribution in [0.2, 0.25) is 0 Å². The van der Waals surface area contributed by atoms with Gasteiger partial charge >= 0.3 is 0 Å². The van der Waals surface area contributed by atoms with Gasteiger partial charge in [0.1, 0.15) is 23.3 Å². The fraction of sp³-hybridized carbons (Fsp3) is 0.211. The van der Waals surface area contributed by atoms with Crippen LogP contribution >= 0.6 is 31.9 Å². The van der Waals surface area contributed by atoms with Gasteiger partial charge in [0.15, 0.2) is 11.3 Å². The Bertz CT molecular complexity index is 2540. The number of hydrogen-bond acceptors (Lipinski definition) is 9. The smallest absolute Gasteiger partial charge is 0.172 e. The molecule has 0 bridgehead atoms. The Morgan fingerprint density at radius 1 is 0.792 bits per heavy atom. The first-order chi connectivity index (χ1) is 25.9. The van der Waals surface area contributed by atoms with E-state index in [0.717, 1.165) is 43.6 Å². The van der Waals surface area contributed by atoms with Crippen molar-refractivity contribution >= 4 is 71.6 Å². The number of rotatable bonds is 8. The second kappa shape index (κ2) is 15.3. The lowest BCUT2D eigenvalue weighted by molar-refractivity contribution is 0.437. The molecule has 53 heavy (non-hydrogen) atoms. The molecular formula is C38H35Br2FN12. The average Bonchev–Trinajstić information content (AvgIpc) is 3.92. The topological polar surface area (TPSA) is 152 Å². The molecule has 1 saturated carbocycles. The first-order valence-electron chi connectivity index (χ1n) is 17.3. The van der Waals surface area contributed by atoms with Crippen LogP contribution in [0.5, 0.6) is 0 Å². The average molecular weight is 839 g/mol. The Labute approximate surface area is 320 Å². The maximum atomic E-state index is 14.2. The number of nitrogens with one attached hydrogen (secondary N) is 3. The Balaban J connectivity index is 0.000000151. The van der Waals surface area contributed by atoms with Crippen LogP contribution < -0.4 is 16.4 Å². The minimum atomic E-state index is -0.326. The van der Waals surface area contributed by atoms with E-state index in [1.807, 2.05) is 22.8 Å². The summed E-state index contributed by atoms with van der Waals surface area (Å²) in [5, 5.41) is 15.7. The van der Waals surface area contributed by atoms with Crippen molar-refractivity contribution in [3.8, 4) is 11.3 Å². The van der Waals surface area contributed by atoms with Gasteiger partial charge < -0.3 is 21.4 Å². The van der Waals surface area contributed by atoms with Gasteiger partial charge in [-0.25, -0.2) is 24.3 Å². The lowest BCUT2D eigenvalue weighted by atomic mass is 9.87. The highest BCUT2D eigenvalue weighted by Crippen LogP contribution is 2.34. The minimum absolute atomic E-state index is 0.326. The van der Waals surface area contributed by atoms with Crippen molar-refractivity contribution in [2.24, 2.45) is 0 Å². The summed E-state index contributed by atoms with van der Waals surface area (Å²) in [6.45, 7) is 1.23. The molecule has 12 nitrogen and oxygen atoms in total. The molecule has 15 heteroatoms. The van der Waals surface area contributed by atoms with Crippen molar-refractivity contribution in [3.05, 3.63) is 123 Å². The lowest BCUT2D eigenvalue weighted by Gasteiger charge is -2.22. The summed E-state index contributed by atoms with van der Waals surface area (Å²) in [5.41, 5.74) is 13.5. The molecule has 6 heterocycles. The molecular weight excluding hydrogens is 803 g/mol. The van der Waals surface area contributed by atoms with E-state index >= 15 is 0 Å². The van der Waals surface area contributed by atoms with Gasteiger partial charge in [0.05, 0.1) is 44.4 Å². The predicted molar refractivity (Wildman–Crippen MR) is 212 cm³/mol. The van der Waals surface area contributed by atoms with Crippen molar-refractivity contribution in [2.45, 2.75) is 51.1 Å². The van der Waals surface area contributed by atoms with Gasteiger partial charge in [0, 0.05) is 48.6 Å². The van der Waals surface area contributed by atoms with Crippen LogP contribution in [-0.4, -0.2) is 44.1 Å². The number of hydrogen-bond donors (Lipinski definition) is 4. The van der Waals surface area contributed by atoms with E-state index in [1.54, 1.807) is 53.6 Å². The zero-order chi connectivity index (χ0) is 36.3. The van der Waals surface area contributed by atoms with E-state index in [0.29, 0.717) is 41.0 Å². The zero-order valence-corrected chi connectivity index (χ0v) is 31.6. The van der Waals surface area contributed by atoms with E-state index in [-0.39, 0.29) is 5.82 Å². The fourth-order valence-electron chi connectivity index (χ4n) is 6.64.